The number of aryl methyl sites for hydroxylation is 2. The molecule has 1 amide bonds. The first-order valence-electron chi connectivity index (χ1n) is 10.7. The summed E-state index contributed by atoms with van der Waals surface area (Å²) >= 11 is 0. The minimum atomic E-state index is -0.147. The van der Waals surface area contributed by atoms with E-state index in [0.717, 1.165) is 30.5 Å². The molecule has 3 aromatic rings. The number of carbonyl (C=O) groups is 2. The first-order valence-corrected chi connectivity index (χ1v) is 10.7. The van der Waals surface area contributed by atoms with Crippen molar-refractivity contribution in [1.29, 1.82) is 0 Å². The molecule has 1 saturated heterocycles. The quantitative estimate of drug-likeness (QED) is 0.547. The van der Waals surface area contributed by atoms with Crippen LogP contribution in [0, 0.1) is 5.92 Å². The van der Waals surface area contributed by atoms with Crippen LogP contribution in [0.25, 0.3) is 11.1 Å². The molecule has 0 aliphatic carbocycles. The van der Waals surface area contributed by atoms with Crippen LogP contribution in [0.1, 0.15) is 42.2 Å². The van der Waals surface area contributed by atoms with Crippen molar-refractivity contribution in [2.75, 3.05) is 19.7 Å². The van der Waals surface area contributed by atoms with Crippen molar-refractivity contribution in [2.45, 2.75) is 39.2 Å². The first-order chi connectivity index (χ1) is 14.7. The van der Waals surface area contributed by atoms with Crippen molar-refractivity contribution in [2.24, 2.45) is 5.92 Å². The van der Waals surface area contributed by atoms with E-state index in [1.54, 1.807) is 6.26 Å². The van der Waals surface area contributed by atoms with Crippen molar-refractivity contribution in [3.63, 3.8) is 0 Å². The molecule has 30 heavy (non-hydrogen) atoms. The maximum atomic E-state index is 13.3. The highest BCUT2D eigenvalue weighted by atomic mass is 16.5. The number of benzene rings is 1. The van der Waals surface area contributed by atoms with E-state index in [-0.39, 0.29) is 17.8 Å². The molecular formula is C24H28N2O4. The van der Waals surface area contributed by atoms with Gasteiger partial charge in [0.2, 0.25) is 0 Å². The highest BCUT2D eigenvalue weighted by Gasteiger charge is 2.30. The Morgan fingerprint density at radius 2 is 1.90 bits per heavy atom. The van der Waals surface area contributed by atoms with E-state index in [9.17, 15) is 9.59 Å². The number of hydrogen-bond donors (Lipinski definition) is 0. The number of aromatic nitrogens is 1. The summed E-state index contributed by atoms with van der Waals surface area (Å²) in [6.07, 6.45) is 4.85. The molecule has 0 saturated carbocycles. The lowest BCUT2D eigenvalue weighted by molar-refractivity contribution is -0.149. The van der Waals surface area contributed by atoms with Gasteiger partial charge in [0.05, 0.1) is 24.3 Å². The molecule has 3 heterocycles. The summed E-state index contributed by atoms with van der Waals surface area (Å²) in [5.41, 5.74) is 3.64. The van der Waals surface area contributed by atoms with Crippen molar-refractivity contribution >= 4 is 23.0 Å². The maximum absolute atomic E-state index is 13.3. The van der Waals surface area contributed by atoms with Gasteiger partial charge >= 0.3 is 5.97 Å². The van der Waals surface area contributed by atoms with E-state index in [0.29, 0.717) is 38.2 Å². The molecule has 0 unspecified atom stereocenters. The van der Waals surface area contributed by atoms with Crippen molar-refractivity contribution in [3.8, 4) is 0 Å². The topological polar surface area (TPSA) is 64.7 Å². The third-order valence-electron chi connectivity index (χ3n) is 5.83. The molecule has 1 fully saturated rings. The molecule has 0 bridgehead atoms. The zero-order valence-corrected chi connectivity index (χ0v) is 17.4. The van der Waals surface area contributed by atoms with E-state index in [2.05, 4.69) is 16.7 Å². The predicted octanol–water partition coefficient (Wildman–Crippen LogP) is 4.28. The molecule has 0 radical (unpaired) electrons. The second-order valence-corrected chi connectivity index (χ2v) is 7.76. The highest BCUT2D eigenvalue weighted by molar-refractivity contribution is 5.97. The number of nitrogens with zero attached hydrogens (tertiary/aromatic N) is 2. The minimum Gasteiger partial charge on any atom is -0.466 e. The van der Waals surface area contributed by atoms with E-state index < -0.39 is 0 Å². The Bertz CT molecular complexity index is 997. The molecule has 6 heteroatoms. The molecule has 4 rings (SSSR count). The van der Waals surface area contributed by atoms with Crippen LogP contribution in [0.5, 0.6) is 0 Å². The second kappa shape index (κ2) is 9.20. The van der Waals surface area contributed by atoms with Gasteiger partial charge in [-0.05, 0) is 38.2 Å². The van der Waals surface area contributed by atoms with Crippen molar-refractivity contribution < 1.29 is 18.7 Å². The van der Waals surface area contributed by atoms with Crippen LogP contribution >= 0.6 is 0 Å². The Morgan fingerprint density at radius 3 is 2.63 bits per heavy atom. The van der Waals surface area contributed by atoms with Crippen LogP contribution in [-0.2, 0) is 22.5 Å². The fraction of sp³-hybridized carbons (Fsp3) is 0.417. The fourth-order valence-corrected chi connectivity index (χ4v) is 4.22. The zero-order valence-electron chi connectivity index (χ0n) is 17.4. The normalized spacial score (nSPS) is 14.9. The van der Waals surface area contributed by atoms with E-state index >= 15 is 0 Å². The smallest absolute Gasteiger partial charge is 0.309 e. The Labute approximate surface area is 176 Å². The summed E-state index contributed by atoms with van der Waals surface area (Å²) in [5.74, 6) is -0.252. The van der Waals surface area contributed by atoms with Crippen LogP contribution in [0.4, 0.5) is 0 Å². The van der Waals surface area contributed by atoms with Gasteiger partial charge in [0.15, 0.2) is 5.58 Å². The summed E-state index contributed by atoms with van der Waals surface area (Å²) in [5, 5.41) is 0. The third kappa shape index (κ3) is 4.27. The molecule has 158 valence electrons. The van der Waals surface area contributed by atoms with Crippen molar-refractivity contribution in [1.82, 2.24) is 9.47 Å². The predicted molar refractivity (Wildman–Crippen MR) is 114 cm³/mol. The summed E-state index contributed by atoms with van der Waals surface area (Å²) < 4.78 is 12.8. The lowest BCUT2D eigenvalue weighted by atomic mass is 9.97. The number of likely N-dealkylation sites (tertiary alicyclic amines) is 1. The van der Waals surface area contributed by atoms with Gasteiger partial charge in [0.1, 0.15) is 5.69 Å². The summed E-state index contributed by atoms with van der Waals surface area (Å²) in [6, 6.07) is 14.1. The minimum absolute atomic E-state index is 0.00317. The number of carbonyl (C=O) groups excluding carboxylic acids is 2. The van der Waals surface area contributed by atoms with Crippen LogP contribution in [-0.4, -0.2) is 41.0 Å². The molecule has 1 aliphatic rings. The van der Waals surface area contributed by atoms with Gasteiger partial charge in [-0.2, -0.15) is 0 Å². The summed E-state index contributed by atoms with van der Waals surface area (Å²) in [6.45, 7) is 4.10. The number of furan rings is 1. The SMILES string of the molecule is CCOC(=O)C1CCN(C(=O)c2cc3occc3n2CCCc2ccccc2)CC1. The van der Waals surface area contributed by atoms with Gasteiger partial charge in [0, 0.05) is 31.8 Å². The summed E-state index contributed by atoms with van der Waals surface area (Å²) in [4.78, 5) is 27.1. The number of hydrogen-bond acceptors (Lipinski definition) is 4. The molecule has 1 aliphatic heterocycles. The number of piperidine rings is 1. The van der Waals surface area contributed by atoms with E-state index in [4.69, 9.17) is 9.15 Å². The Morgan fingerprint density at radius 1 is 1.13 bits per heavy atom. The van der Waals surface area contributed by atoms with Crippen LogP contribution in [0.2, 0.25) is 0 Å². The van der Waals surface area contributed by atoms with E-state index in [1.165, 1.54) is 5.56 Å². The van der Waals surface area contributed by atoms with Crippen LogP contribution in [0.15, 0.2) is 53.1 Å². The Kier molecular flexibility index (Phi) is 6.21. The lowest BCUT2D eigenvalue weighted by Crippen LogP contribution is -2.41. The van der Waals surface area contributed by atoms with Crippen LogP contribution < -0.4 is 0 Å². The third-order valence-corrected chi connectivity index (χ3v) is 5.83. The Balaban J connectivity index is 1.44. The molecule has 0 N–H and O–H groups in total. The standard InChI is InChI=1S/C24H28N2O4/c1-2-29-24(28)19-10-14-25(15-11-19)23(27)21-17-22-20(12-16-30-22)26(21)13-6-9-18-7-4-3-5-8-18/h3-5,7-8,12,16-17,19H,2,6,9-11,13-15H2,1H3. The molecular weight excluding hydrogens is 380 g/mol. The molecule has 2 aromatic heterocycles. The van der Waals surface area contributed by atoms with Gasteiger partial charge in [-0.1, -0.05) is 30.3 Å². The molecule has 1 aromatic carbocycles. The second-order valence-electron chi connectivity index (χ2n) is 7.76. The Hall–Kier alpha value is -3.02. The number of amides is 1. The van der Waals surface area contributed by atoms with Crippen LogP contribution in [0.3, 0.4) is 0 Å². The number of ether oxygens (including phenoxy) is 1. The van der Waals surface area contributed by atoms with Gasteiger partial charge in [-0.15, -0.1) is 0 Å². The van der Waals surface area contributed by atoms with Crippen molar-refractivity contribution in [3.05, 3.63) is 60.0 Å². The number of rotatable bonds is 7. The van der Waals surface area contributed by atoms with Gasteiger partial charge in [-0.25, -0.2) is 0 Å². The lowest BCUT2D eigenvalue weighted by Gasteiger charge is -2.31. The molecule has 6 nitrogen and oxygen atoms in total. The first kappa shape index (κ1) is 20.3. The fourth-order valence-electron chi connectivity index (χ4n) is 4.22. The van der Waals surface area contributed by atoms with Gasteiger partial charge in [-0.3, -0.25) is 9.59 Å². The zero-order chi connectivity index (χ0) is 20.9. The number of esters is 1. The number of fused-ring (bicyclic) bond motifs is 1. The van der Waals surface area contributed by atoms with Gasteiger partial charge < -0.3 is 18.6 Å². The average Bonchev–Trinajstić information content (AvgIpc) is 3.37. The molecule has 0 spiro atoms. The summed E-state index contributed by atoms with van der Waals surface area (Å²) in [7, 11) is 0. The monoisotopic (exact) mass is 408 g/mol. The maximum Gasteiger partial charge on any atom is 0.309 e. The van der Waals surface area contributed by atoms with E-state index in [1.807, 2.05) is 42.2 Å². The van der Waals surface area contributed by atoms with Gasteiger partial charge in [0.25, 0.3) is 5.91 Å². The molecule has 0 atom stereocenters. The highest BCUT2D eigenvalue weighted by Crippen LogP contribution is 2.25. The largest absolute Gasteiger partial charge is 0.466 e. The average molecular weight is 408 g/mol.